The molecule has 3 rings (SSSR count). The van der Waals surface area contributed by atoms with Crippen LogP contribution in [0.15, 0.2) is 35.9 Å². The van der Waals surface area contributed by atoms with E-state index in [1.807, 2.05) is 0 Å². The van der Waals surface area contributed by atoms with Gasteiger partial charge in [-0.2, -0.15) is 0 Å². The predicted molar refractivity (Wildman–Crippen MR) is 86.8 cm³/mol. The SMILES string of the molecule is Cc1c(F)cc(C2C=CC(C3CCC(C)CC3)=CC2)cc1F. The summed E-state index contributed by atoms with van der Waals surface area (Å²) >= 11 is 0. The summed E-state index contributed by atoms with van der Waals surface area (Å²) in [6, 6.07) is 2.96. The van der Waals surface area contributed by atoms with Crippen molar-refractivity contribution in [3.8, 4) is 0 Å². The summed E-state index contributed by atoms with van der Waals surface area (Å²) in [6.07, 6.45) is 12.6. The Kier molecular flexibility index (Phi) is 4.46. The molecule has 1 unspecified atom stereocenters. The third kappa shape index (κ3) is 3.16. The Morgan fingerprint density at radius 2 is 1.64 bits per heavy atom. The Morgan fingerprint density at radius 3 is 2.18 bits per heavy atom. The monoisotopic (exact) mass is 302 g/mol. The maximum atomic E-state index is 13.7. The van der Waals surface area contributed by atoms with Crippen LogP contribution in [0.2, 0.25) is 0 Å². The summed E-state index contributed by atoms with van der Waals surface area (Å²) in [5.41, 5.74) is 2.27. The van der Waals surface area contributed by atoms with Crippen LogP contribution in [-0.2, 0) is 0 Å². The van der Waals surface area contributed by atoms with E-state index in [0.717, 1.165) is 17.9 Å². The van der Waals surface area contributed by atoms with Crippen LogP contribution in [0.25, 0.3) is 0 Å². The lowest BCUT2D eigenvalue weighted by molar-refractivity contribution is 0.322. The van der Waals surface area contributed by atoms with Gasteiger partial charge in [-0.25, -0.2) is 8.78 Å². The van der Waals surface area contributed by atoms with Gasteiger partial charge in [0.25, 0.3) is 0 Å². The molecule has 0 aliphatic heterocycles. The highest BCUT2D eigenvalue weighted by Crippen LogP contribution is 2.37. The summed E-state index contributed by atoms with van der Waals surface area (Å²) in [4.78, 5) is 0. The molecule has 0 amide bonds. The normalized spacial score (nSPS) is 28.5. The molecule has 1 fully saturated rings. The molecule has 1 atom stereocenters. The molecular formula is C20H24F2. The fraction of sp³-hybridized carbons (Fsp3) is 0.500. The highest BCUT2D eigenvalue weighted by atomic mass is 19.1. The molecule has 0 N–H and O–H groups in total. The first-order chi connectivity index (χ1) is 10.5. The summed E-state index contributed by atoms with van der Waals surface area (Å²) in [5, 5.41) is 0. The molecule has 1 aromatic rings. The van der Waals surface area contributed by atoms with E-state index in [9.17, 15) is 8.78 Å². The molecule has 0 bridgehead atoms. The average molecular weight is 302 g/mol. The van der Waals surface area contributed by atoms with E-state index < -0.39 is 11.6 Å². The second kappa shape index (κ2) is 6.36. The minimum atomic E-state index is -0.445. The molecule has 0 saturated heterocycles. The van der Waals surface area contributed by atoms with Crippen molar-refractivity contribution in [2.75, 3.05) is 0 Å². The van der Waals surface area contributed by atoms with Crippen molar-refractivity contribution >= 4 is 0 Å². The molecule has 118 valence electrons. The number of rotatable bonds is 2. The van der Waals surface area contributed by atoms with Gasteiger partial charge < -0.3 is 0 Å². The summed E-state index contributed by atoms with van der Waals surface area (Å²) in [5.74, 6) is 0.741. The van der Waals surface area contributed by atoms with E-state index in [1.54, 1.807) is 0 Å². The Balaban J connectivity index is 1.70. The van der Waals surface area contributed by atoms with Gasteiger partial charge in [-0.1, -0.05) is 38.0 Å². The largest absolute Gasteiger partial charge is 0.207 e. The van der Waals surface area contributed by atoms with E-state index >= 15 is 0 Å². The van der Waals surface area contributed by atoms with E-state index in [0.29, 0.717) is 5.92 Å². The number of benzene rings is 1. The molecule has 0 aromatic heterocycles. The molecule has 2 aliphatic carbocycles. The first kappa shape index (κ1) is 15.5. The standard InChI is InChI=1S/C20H24F2/c1-13-3-5-15(6-4-13)16-7-9-17(10-8-16)18-11-19(21)14(2)20(22)12-18/h7-9,11-13,15,17H,3-6,10H2,1-2H3. The van der Waals surface area contributed by atoms with E-state index in [1.165, 1.54) is 50.3 Å². The lowest BCUT2D eigenvalue weighted by Gasteiger charge is -2.29. The minimum absolute atomic E-state index is 0.0934. The predicted octanol–water partition coefficient (Wildman–Crippen LogP) is 6.07. The number of allylic oxidation sites excluding steroid dienone is 4. The van der Waals surface area contributed by atoms with Crippen LogP contribution in [0.5, 0.6) is 0 Å². The van der Waals surface area contributed by atoms with Crippen molar-refractivity contribution in [1.82, 2.24) is 0 Å². The van der Waals surface area contributed by atoms with Gasteiger partial charge in [0.2, 0.25) is 0 Å². The average Bonchev–Trinajstić information content (AvgIpc) is 2.53. The second-order valence-electron chi connectivity index (χ2n) is 6.97. The first-order valence-corrected chi connectivity index (χ1v) is 8.38. The lowest BCUT2D eigenvalue weighted by atomic mass is 9.76. The molecule has 0 nitrogen and oxygen atoms in total. The summed E-state index contributed by atoms with van der Waals surface area (Å²) in [6.45, 7) is 3.81. The van der Waals surface area contributed by atoms with Gasteiger partial charge in [0.1, 0.15) is 11.6 Å². The van der Waals surface area contributed by atoms with Crippen LogP contribution in [0.1, 0.15) is 56.1 Å². The smallest absolute Gasteiger partial charge is 0.129 e. The molecular weight excluding hydrogens is 278 g/mol. The third-order valence-electron chi connectivity index (χ3n) is 5.35. The molecule has 2 aliphatic rings. The molecule has 0 radical (unpaired) electrons. The van der Waals surface area contributed by atoms with Gasteiger partial charge in [0.15, 0.2) is 0 Å². The zero-order chi connectivity index (χ0) is 15.7. The Hall–Kier alpha value is -1.44. The van der Waals surface area contributed by atoms with E-state index in [2.05, 4.69) is 25.2 Å². The fourth-order valence-corrected chi connectivity index (χ4v) is 3.66. The van der Waals surface area contributed by atoms with Crippen molar-refractivity contribution in [2.45, 2.75) is 51.9 Å². The number of halogens is 2. The summed E-state index contributed by atoms with van der Waals surface area (Å²) in [7, 11) is 0. The van der Waals surface area contributed by atoms with Gasteiger partial charge in [0.05, 0.1) is 0 Å². The van der Waals surface area contributed by atoms with E-state index in [4.69, 9.17) is 0 Å². The lowest BCUT2D eigenvalue weighted by Crippen LogP contribution is -2.15. The quantitative estimate of drug-likeness (QED) is 0.622. The van der Waals surface area contributed by atoms with Gasteiger partial charge in [-0.05, 0) is 61.3 Å². The number of hydrogen-bond donors (Lipinski definition) is 0. The van der Waals surface area contributed by atoms with Crippen LogP contribution in [-0.4, -0.2) is 0 Å². The zero-order valence-electron chi connectivity index (χ0n) is 13.4. The van der Waals surface area contributed by atoms with Crippen LogP contribution in [0, 0.1) is 30.4 Å². The molecule has 0 spiro atoms. The Bertz CT molecular complexity index is 581. The van der Waals surface area contributed by atoms with Crippen molar-refractivity contribution in [3.63, 3.8) is 0 Å². The third-order valence-corrected chi connectivity index (χ3v) is 5.35. The molecule has 22 heavy (non-hydrogen) atoms. The maximum Gasteiger partial charge on any atom is 0.129 e. The van der Waals surface area contributed by atoms with Gasteiger partial charge >= 0.3 is 0 Å². The van der Waals surface area contributed by atoms with Crippen molar-refractivity contribution in [2.24, 2.45) is 11.8 Å². The Morgan fingerprint density at radius 1 is 1.00 bits per heavy atom. The minimum Gasteiger partial charge on any atom is -0.207 e. The zero-order valence-corrected chi connectivity index (χ0v) is 13.4. The molecule has 1 saturated carbocycles. The van der Waals surface area contributed by atoms with E-state index in [-0.39, 0.29) is 11.5 Å². The van der Waals surface area contributed by atoms with Gasteiger partial charge in [-0.3, -0.25) is 0 Å². The molecule has 0 heterocycles. The van der Waals surface area contributed by atoms with Crippen molar-refractivity contribution < 1.29 is 8.78 Å². The van der Waals surface area contributed by atoms with Crippen LogP contribution >= 0.6 is 0 Å². The molecule has 1 aromatic carbocycles. The topological polar surface area (TPSA) is 0 Å². The highest BCUT2D eigenvalue weighted by molar-refractivity contribution is 5.36. The van der Waals surface area contributed by atoms with Crippen LogP contribution in [0.4, 0.5) is 8.78 Å². The fourth-order valence-electron chi connectivity index (χ4n) is 3.66. The van der Waals surface area contributed by atoms with Gasteiger partial charge in [0, 0.05) is 11.5 Å². The molecule has 2 heteroatoms. The Labute approximate surface area is 131 Å². The van der Waals surface area contributed by atoms with Crippen molar-refractivity contribution in [3.05, 3.63) is 58.7 Å². The highest BCUT2D eigenvalue weighted by Gasteiger charge is 2.22. The van der Waals surface area contributed by atoms with Crippen molar-refractivity contribution in [1.29, 1.82) is 0 Å². The number of hydrogen-bond acceptors (Lipinski definition) is 0. The van der Waals surface area contributed by atoms with Crippen LogP contribution < -0.4 is 0 Å². The first-order valence-electron chi connectivity index (χ1n) is 8.38. The summed E-state index contributed by atoms with van der Waals surface area (Å²) < 4.78 is 27.4. The van der Waals surface area contributed by atoms with Gasteiger partial charge in [-0.15, -0.1) is 0 Å². The van der Waals surface area contributed by atoms with Crippen LogP contribution in [0.3, 0.4) is 0 Å². The maximum absolute atomic E-state index is 13.7. The second-order valence-corrected chi connectivity index (χ2v) is 6.97.